The van der Waals surface area contributed by atoms with Gasteiger partial charge in [0, 0.05) is 37.9 Å². The summed E-state index contributed by atoms with van der Waals surface area (Å²) in [5.74, 6) is 0.205. The second kappa shape index (κ2) is 7.01. The molecule has 4 aromatic heterocycles. The molecule has 1 aliphatic heterocycles. The van der Waals surface area contributed by atoms with E-state index in [1.807, 2.05) is 23.1 Å². The summed E-state index contributed by atoms with van der Waals surface area (Å²) in [6.45, 7) is 1.29. The minimum Gasteiger partial charge on any atom is -0.337 e. The minimum absolute atomic E-state index is 0.0637. The number of piperidine rings is 1. The van der Waals surface area contributed by atoms with E-state index in [0.29, 0.717) is 24.4 Å². The summed E-state index contributed by atoms with van der Waals surface area (Å²) < 4.78 is 1.68. The highest BCUT2D eigenvalue weighted by atomic mass is 16.2. The number of carbonyl (C=O) groups excluding carboxylic acids is 1. The highest BCUT2D eigenvalue weighted by molar-refractivity contribution is 5.92. The number of fused-ring (bicyclic) bond motifs is 1. The highest BCUT2D eigenvalue weighted by Crippen LogP contribution is 2.31. The first-order valence-corrected chi connectivity index (χ1v) is 9.51. The first kappa shape index (κ1) is 17.4. The first-order chi connectivity index (χ1) is 14.2. The molecule has 0 spiro atoms. The maximum absolute atomic E-state index is 12.9. The van der Waals surface area contributed by atoms with Crippen molar-refractivity contribution in [2.45, 2.75) is 18.8 Å². The molecule has 0 atom stereocenters. The maximum atomic E-state index is 12.9. The van der Waals surface area contributed by atoms with Crippen LogP contribution >= 0.6 is 0 Å². The Morgan fingerprint density at radius 1 is 1.03 bits per heavy atom. The van der Waals surface area contributed by atoms with Crippen LogP contribution in [0.3, 0.4) is 0 Å². The number of pyridine rings is 2. The lowest BCUT2D eigenvalue weighted by molar-refractivity contribution is 0.0707. The summed E-state index contributed by atoms with van der Waals surface area (Å²) in [5.41, 5.74) is 3.45. The Balaban J connectivity index is 1.30. The molecular weight excluding hydrogens is 370 g/mol. The molecule has 1 aliphatic rings. The lowest BCUT2D eigenvalue weighted by atomic mass is 9.89. The molecule has 1 saturated heterocycles. The van der Waals surface area contributed by atoms with E-state index in [2.05, 4.69) is 25.0 Å². The number of rotatable bonds is 3. The first-order valence-electron chi connectivity index (χ1n) is 9.51. The van der Waals surface area contributed by atoms with Crippen molar-refractivity contribution in [1.29, 1.82) is 0 Å². The zero-order chi connectivity index (χ0) is 19.8. The smallest absolute Gasteiger partial charge is 0.325 e. The predicted molar refractivity (Wildman–Crippen MR) is 106 cm³/mol. The second-order valence-electron chi connectivity index (χ2n) is 7.12. The molecule has 9 heteroatoms. The van der Waals surface area contributed by atoms with E-state index in [1.165, 1.54) is 0 Å². The van der Waals surface area contributed by atoms with Crippen molar-refractivity contribution in [3.05, 3.63) is 70.8 Å². The molecule has 146 valence electrons. The van der Waals surface area contributed by atoms with Crippen LogP contribution in [-0.4, -0.2) is 53.6 Å². The lowest BCUT2D eigenvalue weighted by Gasteiger charge is -2.31. The molecule has 9 nitrogen and oxygen atoms in total. The third-order valence-electron chi connectivity index (χ3n) is 5.41. The molecule has 5 heterocycles. The highest BCUT2D eigenvalue weighted by Gasteiger charge is 2.27. The number of hydrogen-bond acceptors (Lipinski definition) is 5. The standard InChI is InChI=1S/C20H19N7O2/c28-19(16-6-12-27(25-16)14-1-7-21-8-2-14)26-10-4-13(5-11-26)15-3-9-22-18-17(15)23-20(29)24-18/h1-3,6-9,12-13H,4-5,10-11H2,(H2,22,23,24,29). The zero-order valence-electron chi connectivity index (χ0n) is 15.6. The molecule has 0 aliphatic carbocycles. The molecule has 4 aromatic rings. The van der Waals surface area contributed by atoms with Gasteiger partial charge in [0.2, 0.25) is 0 Å². The molecule has 29 heavy (non-hydrogen) atoms. The number of carbonyl (C=O) groups is 1. The van der Waals surface area contributed by atoms with Crippen molar-refractivity contribution < 1.29 is 4.79 Å². The quantitative estimate of drug-likeness (QED) is 0.555. The molecular formula is C20H19N7O2. The van der Waals surface area contributed by atoms with Crippen LogP contribution in [0, 0.1) is 0 Å². The average molecular weight is 389 g/mol. The Bertz CT molecular complexity index is 1220. The van der Waals surface area contributed by atoms with Crippen LogP contribution in [0.2, 0.25) is 0 Å². The van der Waals surface area contributed by atoms with Crippen LogP contribution < -0.4 is 5.69 Å². The number of aromatic nitrogens is 6. The minimum atomic E-state index is -0.252. The predicted octanol–water partition coefficient (Wildman–Crippen LogP) is 1.85. The molecule has 1 fully saturated rings. The van der Waals surface area contributed by atoms with Crippen molar-refractivity contribution >= 4 is 17.1 Å². The molecule has 0 bridgehead atoms. The summed E-state index contributed by atoms with van der Waals surface area (Å²) >= 11 is 0. The van der Waals surface area contributed by atoms with Gasteiger partial charge in [-0.25, -0.2) is 14.5 Å². The Morgan fingerprint density at radius 2 is 1.83 bits per heavy atom. The van der Waals surface area contributed by atoms with Crippen LogP contribution in [0.4, 0.5) is 0 Å². The van der Waals surface area contributed by atoms with Crippen molar-refractivity contribution in [3.63, 3.8) is 0 Å². The molecule has 0 radical (unpaired) electrons. The van der Waals surface area contributed by atoms with Crippen molar-refractivity contribution in [2.24, 2.45) is 0 Å². The van der Waals surface area contributed by atoms with Gasteiger partial charge in [-0.1, -0.05) is 0 Å². The number of amides is 1. The van der Waals surface area contributed by atoms with Gasteiger partial charge in [-0.3, -0.25) is 14.8 Å². The van der Waals surface area contributed by atoms with Gasteiger partial charge in [0.1, 0.15) is 0 Å². The molecule has 1 amide bonds. The maximum Gasteiger partial charge on any atom is 0.325 e. The van der Waals surface area contributed by atoms with Gasteiger partial charge in [-0.15, -0.1) is 0 Å². The molecule has 5 rings (SSSR count). The number of likely N-dealkylation sites (tertiary alicyclic amines) is 1. The van der Waals surface area contributed by atoms with Gasteiger partial charge in [0.05, 0.1) is 11.2 Å². The van der Waals surface area contributed by atoms with Gasteiger partial charge < -0.3 is 9.88 Å². The summed E-state index contributed by atoms with van der Waals surface area (Å²) in [5, 5.41) is 4.42. The molecule has 0 saturated carbocycles. The van der Waals surface area contributed by atoms with Gasteiger partial charge >= 0.3 is 5.69 Å². The summed E-state index contributed by atoms with van der Waals surface area (Å²) in [7, 11) is 0. The van der Waals surface area contributed by atoms with Crippen LogP contribution in [0.15, 0.2) is 53.8 Å². The van der Waals surface area contributed by atoms with E-state index in [-0.39, 0.29) is 17.5 Å². The zero-order valence-corrected chi connectivity index (χ0v) is 15.6. The Labute approximate surface area is 165 Å². The number of H-pyrrole nitrogens is 2. The number of nitrogens with zero attached hydrogens (tertiary/aromatic N) is 5. The largest absolute Gasteiger partial charge is 0.337 e. The number of hydrogen-bond donors (Lipinski definition) is 2. The second-order valence-corrected chi connectivity index (χ2v) is 7.12. The Hall–Kier alpha value is -3.75. The third-order valence-corrected chi connectivity index (χ3v) is 5.41. The van der Waals surface area contributed by atoms with Crippen LogP contribution in [-0.2, 0) is 0 Å². The van der Waals surface area contributed by atoms with Gasteiger partial charge in [0.15, 0.2) is 11.3 Å². The third kappa shape index (κ3) is 3.20. The Morgan fingerprint density at radius 3 is 2.62 bits per heavy atom. The Kier molecular flexibility index (Phi) is 4.19. The monoisotopic (exact) mass is 389 g/mol. The van der Waals surface area contributed by atoms with Crippen LogP contribution in [0.25, 0.3) is 16.9 Å². The van der Waals surface area contributed by atoms with E-state index in [0.717, 1.165) is 29.6 Å². The van der Waals surface area contributed by atoms with Crippen molar-refractivity contribution in [2.75, 3.05) is 13.1 Å². The van der Waals surface area contributed by atoms with Crippen LogP contribution in [0.5, 0.6) is 0 Å². The number of nitrogens with one attached hydrogen (secondary N) is 2. The number of aromatic amines is 2. The summed E-state index contributed by atoms with van der Waals surface area (Å²) in [6, 6.07) is 7.37. The topological polar surface area (TPSA) is 113 Å². The van der Waals surface area contributed by atoms with Crippen molar-refractivity contribution in [1.82, 2.24) is 34.6 Å². The molecule has 2 N–H and O–H groups in total. The fourth-order valence-corrected chi connectivity index (χ4v) is 3.93. The van der Waals surface area contributed by atoms with E-state index >= 15 is 0 Å². The van der Waals surface area contributed by atoms with Crippen LogP contribution in [0.1, 0.15) is 34.8 Å². The van der Waals surface area contributed by atoms with Gasteiger partial charge in [-0.2, -0.15) is 5.10 Å². The molecule has 0 unspecified atom stereocenters. The van der Waals surface area contributed by atoms with E-state index < -0.39 is 0 Å². The molecule has 0 aromatic carbocycles. The van der Waals surface area contributed by atoms with E-state index in [4.69, 9.17) is 0 Å². The summed E-state index contributed by atoms with van der Waals surface area (Å²) in [6.07, 6.45) is 8.52. The van der Waals surface area contributed by atoms with Gasteiger partial charge in [0.25, 0.3) is 5.91 Å². The SMILES string of the molecule is O=C(c1ccn(-c2ccncc2)n1)N1CCC(c2ccnc3[nH]c(=O)[nH]c23)CC1. The van der Waals surface area contributed by atoms with E-state index in [1.54, 1.807) is 35.5 Å². The fraction of sp³-hybridized carbons (Fsp3) is 0.250. The lowest BCUT2D eigenvalue weighted by Crippen LogP contribution is -2.38. The van der Waals surface area contributed by atoms with E-state index in [9.17, 15) is 9.59 Å². The van der Waals surface area contributed by atoms with Crippen molar-refractivity contribution in [3.8, 4) is 5.69 Å². The normalized spacial score (nSPS) is 15.1. The number of imidazole rings is 1. The fourth-order valence-electron chi connectivity index (χ4n) is 3.93. The average Bonchev–Trinajstić information content (AvgIpc) is 3.40. The summed E-state index contributed by atoms with van der Waals surface area (Å²) in [4.78, 5) is 40.1. The van der Waals surface area contributed by atoms with Gasteiger partial charge in [-0.05, 0) is 48.6 Å².